The molecule has 15 heavy (non-hydrogen) atoms. The molecular formula is C14H24O. The van der Waals surface area contributed by atoms with Gasteiger partial charge < -0.3 is 5.11 Å². The van der Waals surface area contributed by atoms with E-state index >= 15 is 0 Å². The maximum atomic E-state index is 10.2. The summed E-state index contributed by atoms with van der Waals surface area (Å²) >= 11 is 0. The van der Waals surface area contributed by atoms with Gasteiger partial charge >= 0.3 is 0 Å². The Morgan fingerprint density at radius 2 is 1.27 bits per heavy atom. The molecule has 5 atom stereocenters. The molecule has 3 rings (SSSR count). The number of aliphatic hydroxyl groups is 1. The van der Waals surface area contributed by atoms with Gasteiger partial charge in [0.1, 0.15) is 0 Å². The lowest BCUT2D eigenvalue weighted by molar-refractivity contribution is -0.0642. The second kappa shape index (κ2) is 4.08. The largest absolute Gasteiger partial charge is 0.393 e. The molecule has 0 saturated heterocycles. The van der Waals surface area contributed by atoms with Crippen LogP contribution in [0, 0.1) is 23.7 Å². The van der Waals surface area contributed by atoms with Crippen LogP contribution in [0.15, 0.2) is 0 Å². The summed E-state index contributed by atoms with van der Waals surface area (Å²) in [6.45, 7) is 0. The number of aliphatic hydroxyl groups excluding tert-OH is 1. The van der Waals surface area contributed by atoms with Crippen molar-refractivity contribution in [3.05, 3.63) is 0 Å². The van der Waals surface area contributed by atoms with E-state index in [0.717, 1.165) is 24.2 Å². The SMILES string of the molecule is O[C@H]1CC2CCCCC2[C@H]2CCCC[C@@H]21. The predicted molar refractivity (Wildman–Crippen MR) is 61.5 cm³/mol. The highest BCUT2D eigenvalue weighted by atomic mass is 16.3. The lowest BCUT2D eigenvalue weighted by Gasteiger charge is -2.50. The summed E-state index contributed by atoms with van der Waals surface area (Å²) in [5, 5.41) is 10.2. The van der Waals surface area contributed by atoms with E-state index in [-0.39, 0.29) is 6.10 Å². The molecule has 86 valence electrons. The van der Waals surface area contributed by atoms with Crippen LogP contribution < -0.4 is 0 Å². The molecule has 3 aliphatic rings. The molecule has 0 aromatic carbocycles. The van der Waals surface area contributed by atoms with E-state index in [2.05, 4.69) is 0 Å². The van der Waals surface area contributed by atoms with Gasteiger partial charge in [0.05, 0.1) is 6.10 Å². The number of hydrogen-bond donors (Lipinski definition) is 1. The monoisotopic (exact) mass is 208 g/mol. The Morgan fingerprint density at radius 1 is 0.667 bits per heavy atom. The minimum absolute atomic E-state index is 0.0506. The van der Waals surface area contributed by atoms with Crippen LogP contribution in [0.2, 0.25) is 0 Å². The zero-order valence-electron chi connectivity index (χ0n) is 9.70. The molecule has 0 amide bonds. The zero-order chi connectivity index (χ0) is 10.3. The third-order valence-corrected chi connectivity index (χ3v) is 5.43. The fourth-order valence-electron chi connectivity index (χ4n) is 4.78. The van der Waals surface area contributed by atoms with Gasteiger partial charge in [-0.05, 0) is 49.4 Å². The molecule has 1 nitrogen and oxygen atoms in total. The summed E-state index contributed by atoms with van der Waals surface area (Å²) in [6.07, 6.45) is 12.5. The first-order valence-corrected chi connectivity index (χ1v) is 7.04. The van der Waals surface area contributed by atoms with Crippen LogP contribution in [0.3, 0.4) is 0 Å². The van der Waals surface area contributed by atoms with E-state index in [1.54, 1.807) is 0 Å². The average Bonchev–Trinajstić information content (AvgIpc) is 2.30. The van der Waals surface area contributed by atoms with E-state index < -0.39 is 0 Å². The van der Waals surface area contributed by atoms with E-state index in [9.17, 15) is 5.11 Å². The fourth-order valence-corrected chi connectivity index (χ4v) is 4.78. The highest BCUT2D eigenvalue weighted by Gasteiger charge is 2.44. The fraction of sp³-hybridized carbons (Fsp3) is 1.00. The Hall–Kier alpha value is -0.0400. The number of rotatable bonds is 0. The first-order valence-electron chi connectivity index (χ1n) is 7.04. The third-order valence-electron chi connectivity index (χ3n) is 5.43. The van der Waals surface area contributed by atoms with Gasteiger partial charge in [-0.3, -0.25) is 0 Å². The van der Waals surface area contributed by atoms with Crippen LogP contribution in [0.25, 0.3) is 0 Å². The Bertz CT molecular complexity index is 225. The van der Waals surface area contributed by atoms with Gasteiger partial charge in [0.15, 0.2) is 0 Å². The third kappa shape index (κ3) is 1.73. The van der Waals surface area contributed by atoms with Crippen molar-refractivity contribution in [2.45, 2.75) is 63.9 Å². The minimum Gasteiger partial charge on any atom is -0.393 e. The Morgan fingerprint density at radius 3 is 2.07 bits per heavy atom. The van der Waals surface area contributed by atoms with Crippen LogP contribution in [-0.4, -0.2) is 11.2 Å². The summed E-state index contributed by atoms with van der Waals surface area (Å²) in [5.41, 5.74) is 0. The van der Waals surface area contributed by atoms with Gasteiger partial charge in [0, 0.05) is 0 Å². The smallest absolute Gasteiger partial charge is 0.0573 e. The zero-order valence-corrected chi connectivity index (χ0v) is 9.70. The van der Waals surface area contributed by atoms with Crippen LogP contribution in [0.5, 0.6) is 0 Å². The molecule has 3 saturated carbocycles. The summed E-state index contributed by atoms with van der Waals surface area (Å²) in [4.78, 5) is 0. The van der Waals surface area contributed by atoms with Crippen molar-refractivity contribution >= 4 is 0 Å². The Kier molecular flexibility index (Phi) is 2.76. The molecule has 3 fully saturated rings. The van der Waals surface area contributed by atoms with Crippen molar-refractivity contribution in [2.24, 2.45) is 23.7 Å². The van der Waals surface area contributed by atoms with E-state index in [1.165, 1.54) is 51.4 Å². The molecule has 0 bridgehead atoms. The summed E-state index contributed by atoms with van der Waals surface area (Å²) in [7, 11) is 0. The van der Waals surface area contributed by atoms with Gasteiger partial charge in [0.25, 0.3) is 0 Å². The van der Waals surface area contributed by atoms with E-state index in [1.807, 2.05) is 0 Å². The molecule has 1 N–H and O–H groups in total. The van der Waals surface area contributed by atoms with Crippen LogP contribution in [-0.2, 0) is 0 Å². The van der Waals surface area contributed by atoms with Gasteiger partial charge in [-0.1, -0.05) is 32.1 Å². The highest BCUT2D eigenvalue weighted by Crippen LogP contribution is 2.51. The van der Waals surface area contributed by atoms with Crippen LogP contribution in [0.1, 0.15) is 57.8 Å². The van der Waals surface area contributed by atoms with Gasteiger partial charge in [-0.15, -0.1) is 0 Å². The lowest BCUT2D eigenvalue weighted by atomic mass is 9.57. The normalized spacial score (nSPS) is 50.6. The van der Waals surface area contributed by atoms with Crippen molar-refractivity contribution < 1.29 is 5.11 Å². The molecule has 2 unspecified atom stereocenters. The van der Waals surface area contributed by atoms with E-state index in [4.69, 9.17) is 0 Å². The van der Waals surface area contributed by atoms with Crippen molar-refractivity contribution in [3.8, 4) is 0 Å². The Balaban J connectivity index is 1.79. The lowest BCUT2D eigenvalue weighted by Crippen LogP contribution is -2.45. The standard InChI is InChI=1S/C14H24O/c15-14-9-10-5-1-2-6-11(10)12-7-3-4-8-13(12)14/h10-15H,1-9H2/t10?,11?,12-,13+,14+/m1/s1. The van der Waals surface area contributed by atoms with Crippen molar-refractivity contribution in [3.63, 3.8) is 0 Å². The Labute approximate surface area is 93.3 Å². The molecule has 1 heteroatoms. The van der Waals surface area contributed by atoms with Gasteiger partial charge in [-0.2, -0.15) is 0 Å². The number of fused-ring (bicyclic) bond motifs is 3. The highest BCUT2D eigenvalue weighted by molar-refractivity contribution is 4.95. The summed E-state index contributed by atoms with van der Waals surface area (Å²) < 4.78 is 0. The van der Waals surface area contributed by atoms with Crippen molar-refractivity contribution in [2.75, 3.05) is 0 Å². The average molecular weight is 208 g/mol. The molecule has 0 spiro atoms. The first kappa shape index (κ1) is 10.1. The first-order chi connectivity index (χ1) is 7.36. The molecule has 3 aliphatic carbocycles. The van der Waals surface area contributed by atoms with Crippen LogP contribution in [0.4, 0.5) is 0 Å². The molecule has 0 aliphatic heterocycles. The van der Waals surface area contributed by atoms with Gasteiger partial charge in [-0.25, -0.2) is 0 Å². The maximum absolute atomic E-state index is 10.2. The molecule has 0 aromatic heterocycles. The van der Waals surface area contributed by atoms with E-state index in [0.29, 0.717) is 5.92 Å². The number of hydrogen-bond acceptors (Lipinski definition) is 1. The second-order valence-corrected chi connectivity index (χ2v) is 6.12. The molecule has 0 aromatic rings. The van der Waals surface area contributed by atoms with Crippen molar-refractivity contribution in [1.29, 1.82) is 0 Å². The summed E-state index contributed by atoms with van der Waals surface area (Å²) in [5.74, 6) is 3.45. The van der Waals surface area contributed by atoms with Crippen molar-refractivity contribution in [1.82, 2.24) is 0 Å². The molecule has 0 radical (unpaired) electrons. The summed E-state index contributed by atoms with van der Waals surface area (Å²) in [6, 6.07) is 0. The maximum Gasteiger partial charge on any atom is 0.0573 e. The second-order valence-electron chi connectivity index (χ2n) is 6.12. The topological polar surface area (TPSA) is 20.2 Å². The van der Waals surface area contributed by atoms with Gasteiger partial charge in [0.2, 0.25) is 0 Å². The predicted octanol–water partition coefficient (Wildman–Crippen LogP) is 3.36. The molecular weight excluding hydrogens is 184 g/mol. The quantitative estimate of drug-likeness (QED) is 0.647. The van der Waals surface area contributed by atoms with Crippen LogP contribution >= 0.6 is 0 Å². The minimum atomic E-state index is 0.0506. The molecule has 0 heterocycles.